The fourth-order valence-corrected chi connectivity index (χ4v) is 3.54. The minimum Gasteiger partial charge on any atom is -0.487 e. The number of amidine groups is 1. The van der Waals surface area contributed by atoms with E-state index in [-0.39, 0.29) is 11.8 Å². The van der Waals surface area contributed by atoms with E-state index in [0.29, 0.717) is 62.5 Å². The maximum Gasteiger partial charge on any atom is 0.255 e. The van der Waals surface area contributed by atoms with Crippen molar-refractivity contribution in [1.29, 1.82) is 0 Å². The third kappa shape index (κ3) is 5.50. The number of benzene rings is 2. The molecule has 9 heteroatoms. The summed E-state index contributed by atoms with van der Waals surface area (Å²) in [5.74, 6) is 0.601. The molecule has 1 atom stereocenters. The molecule has 33 heavy (non-hydrogen) atoms. The zero-order valence-corrected chi connectivity index (χ0v) is 18.7. The summed E-state index contributed by atoms with van der Waals surface area (Å²) in [6.45, 7) is 5.80. The van der Waals surface area contributed by atoms with Crippen molar-refractivity contribution in [3.63, 3.8) is 0 Å². The highest BCUT2D eigenvalue weighted by Crippen LogP contribution is 2.34. The highest BCUT2D eigenvalue weighted by Gasteiger charge is 2.35. The van der Waals surface area contributed by atoms with E-state index in [9.17, 15) is 9.59 Å². The standard InChI is InChI=1S/C24H27N3O6/c1-16-3-5-18(6-4-16)23-25-24(29)22(27(26-23)17(2)28)19-7-8-20-21(15-19)33-14-12-31-10-9-30-11-13-32-20/h3-8,15,22H,9-14H2,1-2H3,(H,25,26,29). The molecule has 1 N–H and O–H groups in total. The summed E-state index contributed by atoms with van der Waals surface area (Å²) in [5, 5.41) is 8.47. The topological polar surface area (TPSA) is 98.7 Å². The zero-order chi connectivity index (χ0) is 23.2. The largest absolute Gasteiger partial charge is 0.487 e. The Balaban J connectivity index is 1.64. The number of amides is 2. The number of rotatable bonds is 2. The molecule has 2 aromatic carbocycles. The van der Waals surface area contributed by atoms with E-state index in [1.807, 2.05) is 31.2 Å². The molecule has 4 rings (SSSR count). The van der Waals surface area contributed by atoms with Gasteiger partial charge in [0.2, 0.25) is 5.91 Å². The first kappa shape index (κ1) is 22.8. The van der Waals surface area contributed by atoms with E-state index in [1.165, 1.54) is 11.9 Å². The van der Waals surface area contributed by atoms with Gasteiger partial charge in [0.1, 0.15) is 13.2 Å². The Kier molecular flexibility index (Phi) is 7.21. The van der Waals surface area contributed by atoms with Crippen molar-refractivity contribution in [1.82, 2.24) is 10.3 Å². The van der Waals surface area contributed by atoms with Crippen LogP contribution in [0.4, 0.5) is 0 Å². The quantitative estimate of drug-likeness (QED) is 0.749. The van der Waals surface area contributed by atoms with Crippen LogP contribution in [0, 0.1) is 6.92 Å². The second kappa shape index (κ2) is 10.5. The molecule has 174 valence electrons. The molecule has 0 saturated carbocycles. The molecule has 0 saturated heterocycles. The summed E-state index contributed by atoms with van der Waals surface area (Å²) in [7, 11) is 0. The average molecular weight is 453 g/mol. The van der Waals surface area contributed by atoms with Crippen molar-refractivity contribution in [2.24, 2.45) is 5.10 Å². The van der Waals surface area contributed by atoms with Crippen molar-refractivity contribution >= 4 is 17.6 Å². The van der Waals surface area contributed by atoms with Crippen molar-refractivity contribution in [2.45, 2.75) is 19.9 Å². The maximum absolute atomic E-state index is 13.1. The van der Waals surface area contributed by atoms with Gasteiger partial charge in [-0.3, -0.25) is 9.59 Å². The molecule has 2 heterocycles. The number of nitrogens with zero attached hydrogens (tertiary/aromatic N) is 2. The van der Waals surface area contributed by atoms with Crippen LogP contribution in [-0.2, 0) is 19.1 Å². The molecule has 2 aliphatic rings. The van der Waals surface area contributed by atoms with Crippen LogP contribution in [-0.4, -0.2) is 62.3 Å². The summed E-state index contributed by atoms with van der Waals surface area (Å²) in [6.07, 6.45) is 0. The smallest absolute Gasteiger partial charge is 0.255 e. The number of nitrogens with one attached hydrogen (secondary N) is 1. The molecule has 0 radical (unpaired) electrons. The summed E-state index contributed by atoms with van der Waals surface area (Å²) < 4.78 is 22.6. The molecule has 1 unspecified atom stereocenters. The van der Waals surface area contributed by atoms with Crippen molar-refractivity contribution < 1.29 is 28.5 Å². The number of carbonyl (C=O) groups excluding carboxylic acids is 2. The lowest BCUT2D eigenvalue weighted by molar-refractivity contribution is -0.139. The molecule has 9 nitrogen and oxygen atoms in total. The SMILES string of the molecule is CC(=O)N1N=C(c2ccc(C)cc2)NC(=O)C1c1ccc2c(c1)OCCOCCOCCO2. The van der Waals surface area contributed by atoms with Gasteiger partial charge in [-0.25, -0.2) is 5.01 Å². The Bertz CT molecular complexity index is 1040. The minimum absolute atomic E-state index is 0.308. The number of hydrogen-bond donors (Lipinski definition) is 1. The third-order valence-electron chi connectivity index (χ3n) is 5.22. The Morgan fingerprint density at radius 1 is 0.939 bits per heavy atom. The van der Waals surface area contributed by atoms with Crippen LogP contribution < -0.4 is 14.8 Å². The van der Waals surface area contributed by atoms with E-state index in [2.05, 4.69) is 10.4 Å². The monoisotopic (exact) mass is 453 g/mol. The maximum atomic E-state index is 13.1. The lowest BCUT2D eigenvalue weighted by atomic mass is 10.0. The fraction of sp³-hybridized carbons (Fsp3) is 0.375. The highest BCUT2D eigenvalue weighted by atomic mass is 16.6. The number of fused-ring (bicyclic) bond motifs is 1. The molecule has 0 spiro atoms. The number of hydrazone groups is 1. The van der Waals surface area contributed by atoms with Crippen LogP contribution in [0.15, 0.2) is 47.6 Å². The second-order valence-corrected chi connectivity index (χ2v) is 7.70. The van der Waals surface area contributed by atoms with Gasteiger partial charge in [0.15, 0.2) is 23.4 Å². The second-order valence-electron chi connectivity index (χ2n) is 7.70. The number of hydrogen-bond acceptors (Lipinski definition) is 7. The van der Waals surface area contributed by atoms with Gasteiger partial charge in [-0.05, 0) is 24.6 Å². The number of aryl methyl sites for hydroxylation is 1. The highest BCUT2D eigenvalue weighted by molar-refractivity contribution is 6.11. The summed E-state index contributed by atoms with van der Waals surface area (Å²) in [6, 6.07) is 11.8. The van der Waals surface area contributed by atoms with Crippen LogP contribution in [0.3, 0.4) is 0 Å². The summed E-state index contributed by atoms with van der Waals surface area (Å²) in [4.78, 5) is 25.6. The van der Waals surface area contributed by atoms with Crippen molar-refractivity contribution in [3.8, 4) is 11.5 Å². The Labute approximate surface area is 192 Å². The van der Waals surface area contributed by atoms with Gasteiger partial charge in [0.25, 0.3) is 5.91 Å². The molecule has 0 bridgehead atoms. The molecular formula is C24H27N3O6. The van der Waals surface area contributed by atoms with Gasteiger partial charge in [0.05, 0.1) is 26.4 Å². The van der Waals surface area contributed by atoms with E-state index in [0.717, 1.165) is 11.1 Å². The Hall–Kier alpha value is -3.43. The molecular weight excluding hydrogens is 426 g/mol. The predicted octanol–water partition coefficient (Wildman–Crippen LogP) is 2.18. The lowest BCUT2D eigenvalue weighted by Crippen LogP contribution is -2.48. The van der Waals surface area contributed by atoms with Crippen molar-refractivity contribution in [2.75, 3.05) is 39.6 Å². The molecule has 0 aromatic heterocycles. The van der Waals surface area contributed by atoms with E-state index in [4.69, 9.17) is 18.9 Å². The molecule has 2 amide bonds. The van der Waals surface area contributed by atoms with Gasteiger partial charge in [0, 0.05) is 12.5 Å². The van der Waals surface area contributed by atoms with E-state index >= 15 is 0 Å². The molecule has 2 aromatic rings. The summed E-state index contributed by atoms with van der Waals surface area (Å²) in [5.41, 5.74) is 2.36. The Morgan fingerprint density at radius 2 is 1.58 bits per heavy atom. The third-order valence-corrected chi connectivity index (χ3v) is 5.22. The van der Waals surface area contributed by atoms with Crippen LogP contribution in [0.1, 0.15) is 29.7 Å². The van der Waals surface area contributed by atoms with Crippen LogP contribution >= 0.6 is 0 Å². The van der Waals surface area contributed by atoms with Gasteiger partial charge in [-0.1, -0.05) is 35.9 Å². The molecule has 0 aliphatic carbocycles. The molecule has 0 fully saturated rings. The lowest BCUT2D eigenvalue weighted by Gasteiger charge is -2.31. The first-order valence-electron chi connectivity index (χ1n) is 10.8. The summed E-state index contributed by atoms with van der Waals surface area (Å²) >= 11 is 0. The fourth-order valence-electron chi connectivity index (χ4n) is 3.54. The number of carbonyl (C=O) groups is 2. The van der Waals surface area contributed by atoms with Gasteiger partial charge in [-0.15, -0.1) is 0 Å². The first-order chi connectivity index (χ1) is 16.0. The van der Waals surface area contributed by atoms with Crippen LogP contribution in [0.5, 0.6) is 11.5 Å². The van der Waals surface area contributed by atoms with Gasteiger partial charge >= 0.3 is 0 Å². The zero-order valence-electron chi connectivity index (χ0n) is 18.7. The van der Waals surface area contributed by atoms with Crippen molar-refractivity contribution in [3.05, 3.63) is 59.2 Å². The average Bonchev–Trinajstić information content (AvgIpc) is 2.79. The van der Waals surface area contributed by atoms with Crippen LogP contribution in [0.25, 0.3) is 0 Å². The van der Waals surface area contributed by atoms with Gasteiger partial charge < -0.3 is 24.3 Å². The minimum atomic E-state index is -0.938. The first-order valence-corrected chi connectivity index (χ1v) is 10.8. The Morgan fingerprint density at radius 3 is 2.24 bits per heavy atom. The van der Waals surface area contributed by atoms with E-state index in [1.54, 1.807) is 18.2 Å². The predicted molar refractivity (Wildman–Crippen MR) is 120 cm³/mol. The van der Waals surface area contributed by atoms with Gasteiger partial charge in [-0.2, -0.15) is 5.10 Å². The normalized spacial score (nSPS) is 19.6. The number of ether oxygens (including phenoxy) is 4. The van der Waals surface area contributed by atoms with Crippen LogP contribution in [0.2, 0.25) is 0 Å². The molecule has 2 aliphatic heterocycles. The van der Waals surface area contributed by atoms with E-state index < -0.39 is 6.04 Å².